The molecule has 0 heterocycles. The van der Waals surface area contributed by atoms with E-state index in [2.05, 4.69) is 10.6 Å². The average Bonchev–Trinajstić information content (AvgIpc) is 2.78. The molecule has 1 unspecified atom stereocenters. The Morgan fingerprint density at radius 2 is 1.74 bits per heavy atom. The number of thioether (sulfide) groups is 1. The number of hydrogen-bond donors (Lipinski definition) is 2. The van der Waals surface area contributed by atoms with Crippen molar-refractivity contribution in [2.45, 2.75) is 23.5 Å². The summed E-state index contributed by atoms with van der Waals surface area (Å²) in [7, 11) is 1.56. The van der Waals surface area contributed by atoms with Crippen molar-refractivity contribution in [1.82, 2.24) is 0 Å². The van der Waals surface area contributed by atoms with Gasteiger partial charge in [0.1, 0.15) is 11.6 Å². The molecule has 0 spiro atoms. The molecule has 7 heteroatoms. The van der Waals surface area contributed by atoms with Crippen LogP contribution in [0.4, 0.5) is 15.8 Å². The zero-order valence-electron chi connectivity index (χ0n) is 17.2. The van der Waals surface area contributed by atoms with E-state index in [1.54, 1.807) is 25.3 Å². The maximum atomic E-state index is 13.1. The summed E-state index contributed by atoms with van der Waals surface area (Å²) in [5.41, 5.74) is 1.58. The number of anilines is 2. The van der Waals surface area contributed by atoms with Gasteiger partial charge in [-0.05, 0) is 61.0 Å². The lowest BCUT2D eigenvalue weighted by molar-refractivity contribution is -0.115. The zero-order valence-corrected chi connectivity index (χ0v) is 18.0. The monoisotopic (exact) mass is 438 g/mol. The number of carbonyl (C=O) groups excluding carboxylic acids is 2. The lowest BCUT2D eigenvalue weighted by Gasteiger charge is -2.16. The van der Waals surface area contributed by atoms with Crippen molar-refractivity contribution >= 4 is 35.0 Å². The van der Waals surface area contributed by atoms with Gasteiger partial charge in [-0.25, -0.2) is 4.39 Å². The highest BCUT2D eigenvalue weighted by Crippen LogP contribution is 2.30. The van der Waals surface area contributed by atoms with E-state index in [4.69, 9.17) is 4.74 Å². The molecule has 1 atom stereocenters. The minimum atomic E-state index is -0.396. The Labute approximate surface area is 185 Å². The SMILES string of the molecule is CCC(Sc1cccc(NC(=O)c2ccc(F)cc2)c1)C(=O)Nc1ccccc1OC. The Bertz CT molecular complexity index is 1060. The number of halogens is 1. The molecule has 3 aromatic carbocycles. The molecule has 2 N–H and O–H groups in total. The number of hydrogen-bond acceptors (Lipinski definition) is 4. The number of carbonyl (C=O) groups is 2. The fraction of sp³-hybridized carbons (Fsp3) is 0.167. The molecule has 0 fully saturated rings. The molecule has 0 bridgehead atoms. The Morgan fingerprint density at radius 3 is 2.45 bits per heavy atom. The van der Waals surface area contributed by atoms with Gasteiger partial charge < -0.3 is 15.4 Å². The van der Waals surface area contributed by atoms with E-state index in [9.17, 15) is 14.0 Å². The number of amides is 2. The molecule has 2 amide bonds. The molecule has 0 aliphatic rings. The largest absolute Gasteiger partial charge is 0.495 e. The summed E-state index contributed by atoms with van der Waals surface area (Å²) >= 11 is 1.41. The second-order valence-corrected chi connectivity index (χ2v) is 7.97. The molecule has 31 heavy (non-hydrogen) atoms. The van der Waals surface area contributed by atoms with Crippen LogP contribution in [0.2, 0.25) is 0 Å². The zero-order chi connectivity index (χ0) is 22.2. The van der Waals surface area contributed by atoms with Gasteiger partial charge in [-0.1, -0.05) is 25.1 Å². The van der Waals surface area contributed by atoms with Gasteiger partial charge in [-0.15, -0.1) is 11.8 Å². The van der Waals surface area contributed by atoms with Gasteiger partial charge in [0, 0.05) is 16.1 Å². The third-order valence-corrected chi connectivity index (χ3v) is 5.86. The van der Waals surface area contributed by atoms with E-state index in [1.165, 1.54) is 36.0 Å². The van der Waals surface area contributed by atoms with Crippen LogP contribution in [0.5, 0.6) is 5.75 Å². The molecule has 3 rings (SSSR count). The molecular weight excluding hydrogens is 415 g/mol. The first-order chi connectivity index (χ1) is 15.0. The van der Waals surface area contributed by atoms with Crippen molar-refractivity contribution in [3.05, 3.63) is 84.2 Å². The van der Waals surface area contributed by atoms with E-state index in [0.717, 1.165) is 4.90 Å². The van der Waals surface area contributed by atoms with Gasteiger partial charge in [0.15, 0.2) is 0 Å². The highest BCUT2D eigenvalue weighted by molar-refractivity contribution is 8.00. The van der Waals surface area contributed by atoms with Gasteiger partial charge in [0.05, 0.1) is 18.0 Å². The molecule has 3 aromatic rings. The standard InChI is InChI=1S/C24H23FN2O3S/c1-3-22(24(29)27-20-9-4-5-10-21(20)30-2)31-19-8-6-7-18(15-19)26-23(28)16-11-13-17(25)14-12-16/h4-15,22H,3H2,1-2H3,(H,26,28)(H,27,29). The highest BCUT2D eigenvalue weighted by Gasteiger charge is 2.19. The maximum Gasteiger partial charge on any atom is 0.255 e. The summed E-state index contributed by atoms with van der Waals surface area (Å²) < 4.78 is 18.3. The minimum Gasteiger partial charge on any atom is -0.495 e. The van der Waals surface area contributed by atoms with Gasteiger partial charge in [-0.3, -0.25) is 9.59 Å². The van der Waals surface area contributed by atoms with Gasteiger partial charge in [0.2, 0.25) is 5.91 Å². The smallest absolute Gasteiger partial charge is 0.255 e. The van der Waals surface area contributed by atoms with Crippen LogP contribution in [0.3, 0.4) is 0 Å². The van der Waals surface area contributed by atoms with Crippen LogP contribution in [-0.2, 0) is 4.79 Å². The second kappa shape index (κ2) is 10.6. The molecular formula is C24H23FN2O3S. The average molecular weight is 439 g/mol. The minimum absolute atomic E-state index is 0.127. The summed E-state index contributed by atoms with van der Waals surface area (Å²) in [5, 5.41) is 5.40. The molecule has 0 saturated heterocycles. The maximum absolute atomic E-state index is 13.1. The van der Waals surface area contributed by atoms with Crippen molar-refractivity contribution in [3.8, 4) is 5.75 Å². The van der Waals surface area contributed by atoms with Crippen LogP contribution in [0.25, 0.3) is 0 Å². The van der Waals surface area contributed by atoms with E-state index < -0.39 is 5.82 Å². The van der Waals surface area contributed by atoms with Crippen molar-refractivity contribution in [3.63, 3.8) is 0 Å². The van der Waals surface area contributed by atoms with Gasteiger partial charge in [-0.2, -0.15) is 0 Å². The van der Waals surface area contributed by atoms with Crippen molar-refractivity contribution in [2.75, 3.05) is 17.7 Å². The first-order valence-electron chi connectivity index (χ1n) is 9.77. The Kier molecular flexibility index (Phi) is 7.67. The molecule has 0 aromatic heterocycles. The Hall–Kier alpha value is -3.32. The molecule has 160 valence electrons. The van der Waals surface area contributed by atoms with Crippen LogP contribution in [0.1, 0.15) is 23.7 Å². The lowest BCUT2D eigenvalue weighted by atomic mass is 10.2. The number of para-hydroxylation sites is 2. The molecule has 0 aliphatic carbocycles. The summed E-state index contributed by atoms with van der Waals surface area (Å²) in [4.78, 5) is 26.0. The van der Waals surface area contributed by atoms with Gasteiger partial charge in [0.25, 0.3) is 5.91 Å². The predicted molar refractivity (Wildman–Crippen MR) is 122 cm³/mol. The summed E-state index contributed by atoms with van der Waals surface area (Å²) in [5.74, 6) is -0.256. The third kappa shape index (κ3) is 6.08. The normalized spacial score (nSPS) is 11.5. The van der Waals surface area contributed by atoms with Gasteiger partial charge >= 0.3 is 0 Å². The van der Waals surface area contributed by atoms with E-state index in [0.29, 0.717) is 29.1 Å². The van der Waals surface area contributed by atoms with E-state index >= 15 is 0 Å². The first kappa shape index (κ1) is 22.4. The fourth-order valence-corrected chi connectivity index (χ4v) is 3.91. The van der Waals surface area contributed by atoms with E-state index in [1.807, 2.05) is 37.3 Å². The van der Waals surface area contributed by atoms with Crippen LogP contribution in [0.15, 0.2) is 77.7 Å². The fourth-order valence-electron chi connectivity index (χ4n) is 2.90. The number of nitrogens with one attached hydrogen (secondary N) is 2. The van der Waals surface area contributed by atoms with E-state index in [-0.39, 0.29) is 17.1 Å². The molecule has 0 aliphatic heterocycles. The van der Waals surface area contributed by atoms with Crippen molar-refractivity contribution < 1.29 is 18.7 Å². The topological polar surface area (TPSA) is 67.4 Å². The van der Waals surface area contributed by atoms with Crippen molar-refractivity contribution in [2.24, 2.45) is 0 Å². The number of methoxy groups -OCH3 is 1. The lowest BCUT2D eigenvalue weighted by Crippen LogP contribution is -2.24. The van der Waals surface area contributed by atoms with Crippen LogP contribution >= 0.6 is 11.8 Å². The highest BCUT2D eigenvalue weighted by atomic mass is 32.2. The van der Waals surface area contributed by atoms with Crippen LogP contribution in [0, 0.1) is 5.82 Å². The predicted octanol–water partition coefficient (Wildman–Crippen LogP) is 5.60. The summed E-state index contributed by atoms with van der Waals surface area (Å²) in [6, 6.07) is 19.9. The second-order valence-electron chi connectivity index (χ2n) is 6.69. The number of rotatable bonds is 8. The quantitative estimate of drug-likeness (QED) is 0.450. The molecule has 5 nitrogen and oxygen atoms in total. The number of benzene rings is 3. The Balaban J connectivity index is 1.67. The Morgan fingerprint density at radius 1 is 1.00 bits per heavy atom. The summed E-state index contributed by atoms with van der Waals surface area (Å²) in [6.07, 6.45) is 0.623. The van der Waals surface area contributed by atoms with Crippen LogP contribution < -0.4 is 15.4 Å². The summed E-state index contributed by atoms with van der Waals surface area (Å²) in [6.45, 7) is 1.94. The first-order valence-corrected chi connectivity index (χ1v) is 10.7. The van der Waals surface area contributed by atoms with Crippen LogP contribution in [-0.4, -0.2) is 24.2 Å². The third-order valence-electron chi connectivity index (χ3n) is 4.50. The molecule has 0 saturated carbocycles. The molecule has 0 radical (unpaired) electrons. The van der Waals surface area contributed by atoms with Crippen molar-refractivity contribution in [1.29, 1.82) is 0 Å². The number of ether oxygens (including phenoxy) is 1.